The Labute approximate surface area is 111 Å². The maximum Gasteiger partial charge on any atom is 0.236 e. The number of carbonyl (C=O) groups excluding carboxylic acids is 1. The lowest BCUT2D eigenvalue weighted by Crippen LogP contribution is -2.44. The van der Waals surface area contributed by atoms with Gasteiger partial charge in [-0.25, -0.2) is 0 Å². The quantitative estimate of drug-likeness (QED) is 0.804. The molecule has 2 heterocycles. The van der Waals surface area contributed by atoms with Crippen LogP contribution in [0.3, 0.4) is 0 Å². The van der Waals surface area contributed by atoms with Crippen molar-refractivity contribution in [3.63, 3.8) is 0 Å². The second-order valence-corrected chi connectivity index (χ2v) is 6.03. The van der Waals surface area contributed by atoms with Gasteiger partial charge in [0.15, 0.2) is 0 Å². The first-order chi connectivity index (χ1) is 8.69. The minimum atomic E-state index is 0.339. The van der Waals surface area contributed by atoms with E-state index < -0.39 is 0 Å². The predicted molar refractivity (Wildman–Crippen MR) is 73.5 cm³/mol. The van der Waals surface area contributed by atoms with Gasteiger partial charge in [-0.2, -0.15) is 0 Å². The Hall–Kier alpha value is -0.610. The van der Waals surface area contributed by atoms with E-state index in [0.717, 1.165) is 38.6 Å². The number of amides is 1. The van der Waals surface area contributed by atoms with Crippen molar-refractivity contribution in [2.45, 2.75) is 26.2 Å². The average Bonchev–Trinajstić information content (AvgIpc) is 2.77. The Balaban J connectivity index is 1.74. The Kier molecular flexibility index (Phi) is 5.01. The molecule has 0 radical (unpaired) electrons. The van der Waals surface area contributed by atoms with Gasteiger partial charge in [0.2, 0.25) is 5.91 Å². The average molecular weight is 253 g/mol. The Morgan fingerprint density at radius 3 is 2.83 bits per heavy atom. The molecule has 2 unspecified atom stereocenters. The molecule has 1 amide bonds. The lowest BCUT2D eigenvalue weighted by molar-refractivity contribution is -0.133. The summed E-state index contributed by atoms with van der Waals surface area (Å²) in [6.07, 6.45) is 3.68. The summed E-state index contributed by atoms with van der Waals surface area (Å²) in [4.78, 5) is 16.6. The third-order valence-corrected chi connectivity index (χ3v) is 4.23. The fraction of sp³-hybridized carbons (Fsp3) is 0.929. The van der Waals surface area contributed by atoms with Gasteiger partial charge in [0, 0.05) is 19.6 Å². The smallest absolute Gasteiger partial charge is 0.236 e. The maximum atomic E-state index is 12.2. The molecule has 18 heavy (non-hydrogen) atoms. The van der Waals surface area contributed by atoms with Crippen LogP contribution in [-0.2, 0) is 4.79 Å². The Morgan fingerprint density at radius 2 is 2.11 bits per heavy atom. The molecule has 0 aromatic heterocycles. The fourth-order valence-corrected chi connectivity index (χ4v) is 3.22. The van der Waals surface area contributed by atoms with Crippen molar-refractivity contribution < 1.29 is 4.79 Å². The van der Waals surface area contributed by atoms with E-state index in [1.54, 1.807) is 0 Å². The van der Waals surface area contributed by atoms with E-state index in [1.165, 1.54) is 19.3 Å². The third-order valence-electron chi connectivity index (χ3n) is 4.23. The van der Waals surface area contributed by atoms with Crippen LogP contribution in [0.1, 0.15) is 26.2 Å². The van der Waals surface area contributed by atoms with Crippen LogP contribution in [0.25, 0.3) is 0 Å². The van der Waals surface area contributed by atoms with Crippen LogP contribution in [0.4, 0.5) is 0 Å². The zero-order valence-electron chi connectivity index (χ0n) is 11.8. The molecule has 2 aliphatic rings. The predicted octanol–water partition coefficient (Wildman–Crippen LogP) is 0.786. The summed E-state index contributed by atoms with van der Waals surface area (Å²) in [5.41, 5.74) is 0. The zero-order chi connectivity index (χ0) is 13.0. The van der Waals surface area contributed by atoms with Gasteiger partial charge in [0.1, 0.15) is 0 Å². The van der Waals surface area contributed by atoms with Gasteiger partial charge >= 0.3 is 0 Å². The Bertz CT molecular complexity index is 282. The topological polar surface area (TPSA) is 35.6 Å². The van der Waals surface area contributed by atoms with Crippen LogP contribution in [-0.4, -0.2) is 62.0 Å². The molecule has 2 saturated heterocycles. The highest BCUT2D eigenvalue weighted by Crippen LogP contribution is 2.18. The van der Waals surface area contributed by atoms with Crippen molar-refractivity contribution in [1.82, 2.24) is 15.1 Å². The summed E-state index contributed by atoms with van der Waals surface area (Å²) < 4.78 is 0. The normalized spacial score (nSPS) is 29.8. The molecule has 4 nitrogen and oxygen atoms in total. The molecular formula is C14H27N3O. The number of nitrogens with zero attached hydrogens (tertiary/aromatic N) is 2. The molecule has 0 bridgehead atoms. The number of likely N-dealkylation sites (tertiary alicyclic amines) is 2. The van der Waals surface area contributed by atoms with E-state index in [9.17, 15) is 4.79 Å². The summed E-state index contributed by atoms with van der Waals surface area (Å²) >= 11 is 0. The van der Waals surface area contributed by atoms with Crippen LogP contribution >= 0.6 is 0 Å². The second kappa shape index (κ2) is 6.53. The number of rotatable bonds is 4. The molecule has 0 aliphatic carbocycles. The lowest BCUT2D eigenvalue weighted by atomic mass is 10.0. The summed E-state index contributed by atoms with van der Waals surface area (Å²) in [6.45, 7) is 8.05. The van der Waals surface area contributed by atoms with Crippen molar-refractivity contribution in [2.75, 3.05) is 46.3 Å². The van der Waals surface area contributed by atoms with E-state index in [-0.39, 0.29) is 0 Å². The summed E-state index contributed by atoms with van der Waals surface area (Å²) in [7, 11) is 2.00. The highest BCUT2D eigenvalue weighted by atomic mass is 16.2. The largest absolute Gasteiger partial charge is 0.341 e. The van der Waals surface area contributed by atoms with Crippen LogP contribution in [0.5, 0.6) is 0 Å². The number of carbonyl (C=O) groups is 1. The fourth-order valence-electron chi connectivity index (χ4n) is 3.22. The van der Waals surface area contributed by atoms with Gasteiger partial charge in [0.25, 0.3) is 0 Å². The van der Waals surface area contributed by atoms with E-state index in [2.05, 4.69) is 22.0 Å². The minimum Gasteiger partial charge on any atom is -0.341 e. The van der Waals surface area contributed by atoms with Gasteiger partial charge in [-0.1, -0.05) is 6.92 Å². The van der Waals surface area contributed by atoms with E-state index in [4.69, 9.17) is 0 Å². The minimum absolute atomic E-state index is 0.339. The summed E-state index contributed by atoms with van der Waals surface area (Å²) in [5.74, 6) is 1.74. The monoisotopic (exact) mass is 253 g/mol. The van der Waals surface area contributed by atoms with E-state index in [1.807, 2.05) is 7.05 Å². The first kappa shape index (κ1) is 13.8. The molecule has 2 atom stereocenters. The third kappa shape index (κ3) is 3.69. The van der Waals surface area contributed by atoms with Crippen LogP contribution in [0.15, 0.2) is 0 Å². The van der Waals surface area contributed by atoms with Crippen molar-refractivity contribution >= 4 is 5.91 Å². The molecule has 4 heteroatoms. The SMILES string of the molecule is CNCC1CCN(CC(=O)N2CCCC(C)C2)C1. The standard InChI is InChI=1S/C14H27N3O/c1-12-4-3-6-17(9-12)14(18)11-16-7-5-13(10-16)8-15-2/h12-13,15H,3-11H2,1-2H3. The van der Waals surface area contributed by atoms with E-state index in [0.29, 0.717) is 18.4 Å². The maximum absolute atomic E-state index is 12.2. The molecule has 0 aromatic rings. The number of nitrogens with one attached hydrogen (secondary N) is 1. The zero-order valence-corrected chi connectivity index (χ0v) is 11.8. The van der Waals surface area contributed by atoms with Gasteiger partial charge < -0.3 is 10.2 Å². The van der Waals surface area contributed by atoms with Gasteiger partial charge in [-0.3, -0.25) is 9.69 Å². The summed E-state index contributed by atoms with van der Waals surface area (Å²) in [5, 5.41) is 3.23. The van der Waals surface area contributed by atoms with Gasteiger partial charge in [0.05, 0.1) is 6.54 Å². The highest BCUT2D eigenvalue weighted by Gasteiger charge is 2.26. The van der Waals surface area contributed by atoms with E-state index >= 15 is 0 Å². The molecular weight excluding hydrogens is 226 g/mol. The molecule has 1 N–H and O–H groups in total. The second-order valence-electron chi connectivity index (χ2n) is 6.03. The van der Waals surface area contributed by atoms with Crippen molar-refractivity contribution in [3.05, 3.63) is 0 Å². The molecule has 2 aliphatic heterocycles. The molecule has 0 aromatic carbocycles. The first-order valence-electron chi connectivity index (χ1n) is 7.33. The van der Waals surface area contributed by atoms with Crippen LogP contribution in [0.2, 0.25) is 0 Å². The highest BCUT2D eigenvalue weighted by molar-refractivity contribution is 5.78. The number of hydrogen-bond acceptors (Lipinski definition) is 3. The number of piperidine rings is 1. The molecule has 0 spiro atoms. The molecule has 2 rings (SSSR count). The molecule has 2 fully saturated rings. The Morgan fingerprint density at radius 1 is 1.28 bits per heavy atom. The summed E-state index contributed by atoms with van der Waals surface area (Å²) in [6, 6.07) is 0. The van der Waals surface area contributed by atoms with Crippen LogP contribution < -0.4 is 5.32 Å². The van der Waals surface area contributed by atoms with Crippen LogP contribution in [0, 0.1) is 11.8 Å². The molecule has 0 saturated carbocycles. The first-order valence-corrected chi connectivity index (χ1v) is 7.33. The molecule has 104 valence electrons. The van der Waals surface area contributed by atoms with Gasteiger partial charge in [-0.05, 0) is 51.2 Å². The van der Waals surface area contributed by atoms with Gasteiger partial charge in [-0.15, -0.1) is 0 Å². The van der Waals surface area contributed by atoms with Crippen molar-refractivity contribution in [1.29, 1.82) is 0 Å². The van der Waals surface area contributed by atoms with Crippen molar-refractivity contribution in [3.8, 4) is 0 Å². The number of hydrogen-bond donors (Lipinski definition) is 1. The lowest BCUT2D eigenvalue weighted by Gasteiger charge is -2.32. The van der Waals surface area contributed by atoms with Crippen molar-refractivity contribution in [2.24, 2.45) is 11.8 Å².